The number of hydrogen-bond acceptors (Lipinski definition) is 1. The number of thioether (sulfide) groups is 1. The summed E-state index contributed by atoms with van der Waals surface area (Å²) in [5.41, 5.74) is 2.88. The lowest BCUT2D eigenvalue weighted by molar-refractivity contribution is 1.23. The van der Waals surface area contributed by atoms with E-state index in [1.807, 2.05) is 11.8 Å². The Morgan fingerprint density at radius 2 is 1.92 bits per heavy atom. The molecule has 0 radical (unpaired) electrons. The average molecular weight is 255 g/mol. The zero-order chi connectivity index (χ0) is 9.10. The number of benzene rings is 1. The molecule has 1 aromatic carbocycles. The number of rotatable bonds is 1. The molecule has 0 aromatic heterocycles. The van der Waals surface area contributed by atoms with Gasteiger partial charge in [-0.15, -0.1) is 0 Å². The Kier molecular flexibility index (Phi) is 3.12. The van der Waals surface area contributed by atoms with Crippen molar-refractivity contribution in [1.82, 2.24) is 0 Å². The van der Waals surface area contributed by atoms with Gasteiger partial charge in [0.25, 0.3) is 0 Å². The van der Waals surface area contributed by atoms with Gasteiger partial charge in [-0.05, 0) is 35.4 Å². The molecule has 0 N–H and O–H groups in total. The van der Waals surface area contributed by atoms with Crippen molar-refractivity contribution in [3.05, 3.63) is 40.4 Å². The van der Waals surface area contributed by atoms with Crippen LogP contribution in [0.2, 0.25) is 0 Å². The fraction of sp³-hybridized carbons (Fsp3) is 0.273. The molecule has 1 aromatic rings. The number of allylic oxidation sites excluding steroid dienone is 1. The van der Waals surface area contributed by atoms with Gasteiger partial charge in [-0.1, -0.05) is 34.1 Å². The van der Waals surface area contributed by atoms with Crippen molar-refractivity contribution in [2.24, 2.45) is 0 Å². The second-order valence-electron chi connectivity index (χ2n) is 3.06. The van der Waals surface area contributed by atoms with Gasteiger partial charge < -0.3 is 0 Å². The highest BCUT2D eigenvalue weighted by Gasteiger charge is 2.05. The van der Waals surface area contributed by atoms with E-state index in [1.54, 1.807) is 0 Å². The minimum atomic E-state index is 1.15. The van der Waals surface area contributed by atoms with Crippen molar-refractivity contribution >= 4 is 33.3 Å². The Bertz CT molecular complexity index is 313. The highest BCUT2D eigenvalue weighted by molar-refractivity contribution is 9.10. The maximum absolute atomic E-state index is 3.45. The molecular weight excluding hydrogens is 244 g/mol. The van der Waals surface area contributed by atoms with Crippen LogP contribution in [-0.2, 0) is 0 Å². The molecule has 0 bridgehead atoms. The van der Waals surface area contributed by atoms with Crippen LogP contribution in [0.3, 0.4) is 0 Å². The molecule has 0 aliphatic carbocycles. The van der Waals surface area contributed by atoms with Crippen LogP contribution in [0.5, 0.6) is 0 Å². The molecule has 2 heteroatoms. The summed E-state index contributed by atoms with van der Waals surface area (Å²) in [5, 5.41) is 0. The smallest absolute Gasteiger partial charge is 0.0175 e. The fourth-order valence-corrected chi connectivity index (χ4v) is 2.57. The Morgan fingerprint density at radius 3 is 2.54 bits per heavy atom. The third-order valence-electron chi connectivity index (χ3n) is 2.18. The summed E-state index contributed by atoms with van der Waals surface area (Å²) in [7, 11) is 0. The first kappa shape index (κ1) is 9.35. The summed E-state index contributed by atoms with van der Waals surface area (Å²) in [6.45, 7) is 0. The molecular formula is C11H11BrS. The summed E-state index contributed by atoms with van der Waals surface area (Å²) in [6.07, 6.45) is 3.56. The predicted octanol–water partition coefficient (Wildman–Crippen LogP) is 3.97. The SMILES string of the molecule is Brc1ccc(C2=CCSCC2)cc1. The lowest BCUT2D eigenvalue weighted by atomic mass is 10.0. The van der Waals surface area contributed by atoms with Crippen molar-refractivity contribution in [3.8, 4) is 0 Å². The zero-order valence-electron chi connectivity index (χ0n) is 7.29. The summed E-state index contributed by atoms with van der Waals surface area (Å²) in [6, 6.07) is 8.59. The van der Waals surface area contributed by atoms with E-state index in [9.17, 15) is 0 Å². The van der Waals surface area contributed by atoms with Crippen LogP contribution in [0, 0.1) is 0 Å². The Balaban J connectivity index is 2.24. The zero-order valence-corrected chi connectivity index (χ0v) is 9.70. The summed E-state index contributed by atoms with van der Waals surface area (Å²) >= 11 is 5.46. The van der Waals surface area contributed by atoms with Gasteiger partial charge in [0.2, 0.25) is 0 Å². The van der Waals surface area contributed by atoms with Gasteiger partial charge in [-0.25, -0.2) is 0 Å². The first-order valence-electron chi connectivity index (χ1n) is 4.39. The monoisotopic (exact) mass is 254 g/mol. The molecule has 0 spiro atoms. The molecule has 1 heterocycles. The quantitative estimate of drug-likeness (QED) is 0.731. The predicted molar refractivity (Wildman–Crippen MR) is 64.1 cm³/mol. The summed E-state index contributed by atoms with van der Waals surface area (Å²) in [5.74, 6) is 2.44. The van der Waals surface area contributed by atoms with E-state index in [4.69, 9.17) is 0 Å². The van der Waals surface area contributed by atoms with E-state index >= 15 is 0 Å². The van der Waals surface area contributed by atoms with Crippen molar-refractivity contribution < 1.29 is 0 Å². The van der Waals surface area contributed by atoms with Crippen molar-refractivity contribution in [2.45, 2.75) is 6.42 Å². The van der Waals surface area contributed by atoms with Crippen LogP contribution in [0.25, 0.3) is 5.57 Å². The van der Waals surface area contributed by atoms with Crippen LogP contribution in [-0.4, -0.2) is 11.5 Å². The average Bonchev–Trinajstić information content (AvgIpc) is 2.20. The highest BCUT2D eigenvalue weighted by Crippen LogP contribution is 2.26. The molecule has 0 nitrogen and oxygen atoms in total. The third-order valence-corrected chi connectivity index (χ3v) is 3.60. The van der Waals surface area contributed by atoms with E-state index in [1.165, 1.54) is 29.1 Å². The van der Waals surface area contributed by atoms with E-state index in [0.29, 0.717) is 0 Å². The Labute approximate surface area is 91.6 Å². The van der Waals surface area contributed by atoms with Crippen molar-refractivity contribution in [2.75, 3.05) is 11.5 Å². The molecule has 13 heavy (non-hydrogen) atoms. The maximum Gasteiger partial charge on any atom is 0.0175 e. The normalized spacial score (nSPS) is 16.8. The van der Waals surface area contributed by atoms with E-state index < -0.39 is 0 Å². The summed E-state index contributed by atoms with van der Waals surface area (Å²) in [4.78, 5) is 0. The van der Waals surface area contributed by atoms with Crippen molar-refractivity contribution in [3.63, 3.8) is 0 Å². The van der Waals surface area contributed by atoms with Gasteiger partial charge in [0, 0.05) is 10.2 Å². The largest absolute Gasteiger partial charge is 0.157 e. The highest BCUT2D eigenvalue weighted by atomic mass is 79.9. The van der Waals surface area contributed by atoms with E-state index in [2.05, 4.69) is 46.3 Å². The van der Waals surface area contributed by atoms with Crippen LogP contribution in [0.4, 0.5) is 0 Å². The maximum atomic E-state index is 3.45. The van der Waals surface area contributed by atoms with Crippen LogP contribution >= 0.6 is 27.7 Å². The number of hydrogen-bond donors (Lipinski definition) is 0. The van der Waals surface area contributed by atoms with Crippen molar-refractivity contribution in [1.29, 1.82) is 0 Å². The van der Waals surface area contributed by atoms with Crippen LogP contribution < -0.4 is 0 Å². The first-order chi connectivity index (χ1) is 6.36. The molecule has 1 aliphatic heterocycles. The lowest BCUT2D eigenvalue weighted by Crippen LogP contribution is -1.94. The van der Waals surface area contributed by atoms with E-state index in [-0.39, 0.29) is 0 Å². The molecule has 2 rings (SSSR count). The lowest BCUT2D eigenvalue weighted by Gasteiger charge is -2.12. The van der Waals surface area contributed by atoms with Gasteiger partial charge in [0.05, 0.1) is 0 Å². The molecule has 0 unspecified atom stereocenters. The molecule has 0 atom stereocenters. The Morgan fingerprint density at radius 1 is 1.15 bits per heavy atom. The molecule has 1 aliphatic rings. The third kappa shape index (κ3) is 2.38. The topological polar surface area (TPSA) is 0 Å². The minimum absolute atomic E-state index is 1.15. The molecule has 0 amide bonds. The molecule has 0 saturated carbocycles. The molecule has 0 saturated heterocycles. The molecule has 0 fully saturated rings. The second kappa shape index (κ2) is 4.34. The minimum Gasteiger partial charge on any atom is -0.157 e. The fourth-order valence-electron chi connectivity index (χ4n) is 1.45. The van der Waals surface area contributed by atoms with Crippen LogP contribution in [0.15, 0.2) is 34.8 Å². The van der Waals surface area contributed by atoms with Gasteiger partial charge in [-0.3, -0.25) is 0 Å². The summed E-state index contributed by atoms with van der Waals surface area (Å²) < 4.78 is 1.15. The van der Waals surface area contributed by atoms with Gasteiger partial charge >= 0.3 is 0 Å². The molecule has 68 valence electrons. The van der Waals surface area contributed by atoms with Gasteiger partial charge in [0.15, 0.2) is 0 Å². The Hall–Kier alpha value is -0.210. The van der Waals surface area contributed by atoms with E-state index in [0.717, 1.165) is 4.47 Å². The van der Waals surface area contributed by atoms with Gasteiger partial charge in [-0.2, -0.15) is 11.8 Å². The van der Waals surface area contributed by atoms with Crippen LogP contribution in [0.1, 0.15) is 12.0 Å². The first-order valence-corrected chi connectivity index (χ1v) is 6.34. The van der Waals surface area contributed by atoms with Gasteiger partial charge in [0.1, 0.15) is 0 Å². The number of halogens is 1. The second-order valence-corrected chi connectivity index (χ2v) is 5.13. The standard InChI is InChI=1S/C11H11BrS/c12-11-3-1-9(2-4-11)10-5-7-13-8-6-10/h1-5H,6-8H2.